The van der Waals surface area contributed by atoms with E-state index in [1.165, 1.54) is 12.1 Å². The highest BCUT2D eigenvalue weighted by Crippen LogP contribution is 2.32. The molecule has 1 aliphatic rings. The number of hydrogen-bond acceptors (Lipinski definition) is 6. The summed E-state index contributed by atoms with van der Waals surface area (Å²) in [5, 5.41) is 3.81. The summed E-state index contributed by atoms with van der Waals surface area (Å²) in [6.07, 6.45) is 1.62. The molecule has 1 N–H and O–H groups in total. The largest absolute Gasteiger partial charge is 0.337 e. The molecule has 1 aromatic heterocycles. The van der Waals surface area contributed by atoms with E-state index in [9.17, 15) is 13.2 Å². The molecule has 1 atom stereocenters. The van der Waals surface area contributed by atoms with Crippen LogP contribution in [0, 0.1) is 6.92 Å². The van der Waals surface area contributed by atoms with Crippen LogP contribution in [0.1, 0.15) is 41.0 Å². The lowest BCUT2D eigenvalue weighted by Gasteiger charge is -2.22. The smallest absolute Gasteiger partial charge is 0.261 e. The van der Waals surface area contributed by atoms with Crippen molar-refractivity contribution in [1.82, 2.24) is 15.0 Å². The Balaban J connectivity index is 1.49. The van der Waals surface area contributed by atoms with E-state index in [0.29, 0.717) is 29.5 Å². The number of carbonyl (C=O) groups is 1. The van der Waals surface area contributed by atoms with Crippen molar-refractivity contribution in [3.05, 3.63) is 71.9 Å². The lowest BCUT2D eigenvalue weighted by Crippen LogP contribution is -2.30. The summed E-state index contributed by atoms with van der Waals surface area (Å²) in [5.74, 6) is 0.829. The maximum absolute atomic E-state index is 13.0. The second kappa shape index (κ2) is 7.67. The van der Waals surface area contributed by atoms with Gasteiger partial charge in [-0.05, 0) is 56.2 Å². The van der Waals surface area contributed by atoms with E-state index in [0.717, 1.165) is 12.8 Å². The zero-order valence-corrected chi connectivity index (χ0v) is 16.6. The lowest BCUT2D eigenvalue weighted by molar-refractivity contribution is 0.0710. The van der Waals surface area contributed by atoms with E-state index >= 15 is 0 Å². The Hall–Kier alpha value is -3.20. The number of hydrogen-bond donors (Lipinski definition) is 1. The number of rotatable bonds is 5. The second-order valence-electron chi connectivity index (χ2n) is 6.83. The first-order valence-electron chi connectivity index (χ1n) is 9.23. The van der Waals surface area contributed by atoms with Gasteiger partial charge < -0.3 is 9.42 Å². The SMILES string of the molecule is Cc1noc(C2CCCN2C(=O)c2ccc(NS(=O)(=O)c3ccccc3)cc2)n1. The number of nitrogens with one attached hydrogen (secondary N) is 1. The van der Waals surface area contributed by atoms with Gasteiger partial charge in [0, 0.05) is 17.8 Å². The molecule has 0 radical (unpaired) electrons. The third-order valence-electron chi connectivity index (χ3n) is 4.78. The average molecular weight is 412 g/mol. The van der Waals surface area contributed by atoms with Crippen molar-refractivity contribution in [2.75, 3.05) is 11.3 Å². The average Bonchev–Trinajstić information content (AvgIpc) is 3.37. The molecule has 2 heterocycles. The van der Waals surface area contributed by atoms with Crippen molar-refractivity contribution in [2.45, 2.75) is 30.7 Å². The summed E-state index contributed by atoms with van der Waals surface area (Å²) in [5.41, 5.74) is 0.853. The predicted octanol–water partition coefficient (Wildman–Crippen LogP) is 3.16. The van der Waals surface area contributed by atoms with Crippen LogP contribution in [0.4, 0.5) is 5.69 Å². The minimum Gasteiger partial charge on any atom is -0.337 e. The number of anilines is 1. The minimum absolute atomic E-state index is 0.152. The predicted molar refractivity (Wildman–Crippen MR) is 106 cm³/mol. The quantitative estimate of drug-likeness (QED) is 0.690. The number of benzene rings is 2. The minimum atomic E-state index is -3.68. The summed E-state index contributed by atoms with van der Waals surface area (Å²) < 4.78 is 32.6. The van der Waals surface area contributed by atoms with Crippen molar-refractivity contribution >= 4 is 21.6 Å². The molecule has 9 heteroatoms. The lowest BCUT2D eigenvalue weighted by atomic mass is 10.1. The van der Waals surface area contributed by atoms with Crippen LogP contribution in [0.15, 0.2) is 64.0 Å². The highest BCUT2D eigenvalue weighted by Gasteiger charge is 2.34. The number of amides is 1. The fourth-order valence-corrected chi connectivity index (χ4v) is 4.46. The first kappa shape index (κ1) is 19.1. The molecule has 29 heavy (non-hydrogen) atoms. The van der Waals surface area contributed by atoms with Crippen LogP contribution in [-0.2, 0) is 10.0 Å². The molecule has 1 fully saturated rings. The first-order chi connectivity index (χ1) is 13.9. The molecule has 3 aromatic rings. The number of likely N-dealkylation sites (tertiary alicyclic amines) is 1. The number of nitrogens with zero attached hydrogens (tertiary/aromatic N) is 3. The number of aromatic nitrogens is 2. The highest BCUT2D eigenvalue weighted by molar-refractivity contribution is 7.92. The first-order valence-corrected chi connectivity index (χ1v) is 10.7. The highest BCUT2D eigenvalue weighted by atomic mass is 32.2. The molecule has 8 nitrogen and oxygen atoms in total. The van der Waals surface area contributed by atoms with Gasteiger partial charge in [-0.2, -0.15) is 4.98 Å². The van der Waals surface area contributed by atoms with Crippen LogP contribution >= 0.6 is 0 Å². The molecule has 1 aliphatic heterocycles. The fourth-order valence-electron chi connectivity index (χ4n) is 3.38. The van der Waals surface area contributed by atoms with Crippen LogP contribution in [0.3, 0.4) is 0 Å². The topological polar surface area (TPSA) is 105 Å². The number of carbonyl (C=O) groups excluding carboxylic acids is 1. The van der Waals surface area contributed by atoms with E-state index in [2.05, 4.69) is 14.9 Å². The monoisotopic (exact) mass is 412 g/mol. The Morgan fingerprint density at radius 1 is 1.14 bits per heavy atom. The van der Waals surface area contributed by atoms with Gasteiger partial charge in [0.05, 0.1) is 4.90 Å². The number of aryl methyl sites for hydroxylation is 1. The Labute approximate surface area is 168 Å². The third-order valence-corrected chi connectivity index (χ3v) is 6.18. The summed E-state index contributed by atoms with van der Waals surface area (Å²) in [6, 6.07) is 14.3. The van der Waals surface area contributed by atoms with Crippen molar-refractivity contribution in [3.63, 3.8) is 0 Å². The molecular weight excluding hydrogens is 392 g/mol. The molecule has 0 bridgehead atoms. The van der Waals surface area contributed by atoms with Gasteiger partial charge in [-0.1, -0.05) is 23.4 Å². The van der Waals surface area contributed by atoms with Gasteiger partial charge in [0.25, 0.3) is 15.9 Å². The summed E-state index contributed by atoms with van der Waals surface area (Å²) in [4.78, 5) is 19.1. The normalized spacial score (nSPS) is 16.7. The molecule has 2 aromatic carbocycles. The van der Waals surface area contributed by atoms with Gasteiger partial charge in [0.15, 0.2) is 5.82 Å². The van der Waals surface area contributed by atoms with Crippen LogP contribution in [-0.4, -0.2) is 35.9 Å². The summed E-state index contributed by atoms with van der Waals surface area (Å²) >= 11 is 0. The van der Waals surface area contributed by atoms with Gasteiger partial charge in [-0.3, -0.25) is 9.52 Å². The van der Waals surface area contributed by atoms with Crippen molar-refractivity contribution < 1.29 is 17.7 Å². The van der Waals surface area contributed by atoms with Crippen molar-refractivity contribution in [3.8, 4) is 0 Å². The van der Waals surface area contributed by atoms with E-state index in [-0.39, 0.29) is 16.8 Å². The summed E-state index contributed by atoms with van der Waals surface area (Å²) in [7, 11) is -3.68. The van der Waals surface area contributed by atoms with Crippen LogP contribution in [0.2, 0.25) is 0 Å². The molecule has 1 amide bonds. The zero-order valence-electron chi connectivity index (χ0n) is 15.8. The van der Waals surface area contributed by atoms with Crippen LogP contribution < -0.4 is 4.72 Å². The molecule has 0 spiro atoms. The van der Waals surface area contributed by atoms with Gasteiger partial charge in [0.2, 0.25) is 5.89 Å². The standard InChI is InChI=1S/C20H20N4O4S/c1-14-21-19(28-22-14)18-8-5-13-24(18)20(25)15-9-11-16(12-10-15)23-29(26,27)17-6-3-2-4-7-17/h2-4,6-7,9-12,18,23H,5,8,13H2,1H3. The van der Waals surface area contributed by atoms with Crippen LogP contribution in [0.5, 0.6) is 0 Å². The third kappa shape index (κ3) is 4.00. The second-order valence-corrected chi connectivity index (χ2v) is 8.51. The number of sulfonamides is 1. The van der Waals surface area contributed by atoms with Gasteiger partial charge in [-0.25, -0.2) is 8.42 Å². The van der Waals surface area contributed by atoms with E-state index in [4.69, 9.17) is 4.52 Å². The molecule has 1 unspecified atom stereocenters. The van der Waals surface area contributed by atoms with Crippen LogP contribution in [0.25, 0.3) is 0 Å². The molecule has 0 saturated carbocycles. The molecular formula is C20H20N4O4S. The Kier molecular flexibility index (Phi) is 5.06. The van der Waals surface area contributed by atoms with Gasteiger partial charge in [0.1, 0.15) is 6.04 Å². The Bertz CT molecular complexity index is 1110. The van der Waals surface area contributed by atoms with E-state index < -0.39 is 10.0 Å². The van der Waals surface area contributed by atoms with Crippen molar-refractivity contribution in [1.29, 1.82) is 0 Å². The van der Waals surface area contributed by atoms with E-state index in [1.807, 2.05) is 0 Å². The van der Waals surface area contributed by atoms with Gasteiger partial charge in [-0.15, -0.1) is 0 Å². The molecule has 150 valence electrons. The Morgan fingerprint density at radius 2 is 1.86 bits per heavy atom. The van der Waals surface area contributed by atoms with Gasteiger partial charge >= 0.3 is 0 Å². The maximum atomic E-state index is 13.0. The molecule has 1 saturated heterocycles. The fraction of sp³-hybridized carbons (Fsp3) is 0.250. The maximum Gasteiger partial charge on any atom is 0.261 e. The van der Waals surface area contributed by atoms with Crippen molar-refractivity contribution in [2.24, 2.45) is 0 Å². The molecule has 4 rings (SSSR count). The Morgan fingerprint density at radius 3 is 2.52 bits per heavy atom. The zero-order chi connectivity index (χ0) is 20.4. The summed E-state index contributed by atoms with van der Waals surface area (Å²) in [6.45, 7) is 2.34. The molecule has 0 aliphatic carbocycles. The van der Waals surface area contributed by atoms with E-state index in [1.54, 1.807) is 54.3 Å².